The number of fused-ring (bicyclic) bond motifs is 1. The van der Waals surface area contributed by atoms with E-state index >= 15 is 0 Å². The lowest BCUT2D eigenvalue weighted by atomic mass is 10.1. The second-order valence-electron chi connectivity index (χ2n) is 4.82. The molecule has 0 saturated heterocycles. The van der Waals surface area contributed by atoms with Crippen molar-refractivity contribution in [2.75, 3.05) is 0 Å². The molecule has 0 fully saturated rings. The van der Waals surface area contributed by atoms with Crippen LogP contribution in [0.5, 0.6) is 0 Å². The van der Waals surface area contributed by atoms with E-state index in [9.17, 15) is 0 Å². The molecule has 1 atom stereocenters. The van der Waals surface area contributed by atoms with Gasteiger partial charge in [0, 0.05) is 17.1 Å². The maximum absolute atomic E-state index is 6.01. The first-order valence-corrected chi connectivity index (χ1v) is 6.37. The van der Waals surface area contributed by atoms with Crippen LogP contribution in [0.3, 0.4) is 0 Å². The summed E-state index contributed by atoms with van der Waals surface area (Å²) < 4.78 is 0. The molecular formula is C14H16ClN. The summed E-state index contributed by atoms with van der Waals surface area (Å²) in [6.45, 7) is 0. The fraction of sp³-hybridized carbons (Fsp3) is 0.429. The molecule has 0 heterocycles. The molecule has 0 amide bonds. The van der Waals surface area contributed by atoms with Gasteiger partial charge in [0.15, 0.2) is 0 Å². The van der Waals surface area contributed by atoms with Gasteiger partial charge in [0.1, 0.15) is 0 Å². The van der Waals surface area contributed by atoms with Crippen molar-refractivity contribution >= 4 is 11.6 Å². The fourth-order valence-electron chi connectivity index (χ4n) is 2.79. The summed E-state index contributed by atoms with van der Waals surface area (Å²) >= 11 is 6.01. The monoisotopic (exact) mass is 233 g/mol. The lowest BCUT2D eigenvalue weighted by molar-refractivity contribution is 0.448. The zero-order valence-electron chi connectivity index (χ0n) is 9.25. The van der Waals surface area contributed by atoms with Crippen LogP contribution in [0, 0.1) is 0 Å². The summed E-state index contributed by atoms with van der Waals surface area (Å²) in [7, 11) is 0. The number of nitrogens with one attached hydrogen (secondary N) is 1. The topological polar surface area (TPSA) is 12.0 Å². The summed E-state index contributed by atoms with van der Waals surface area (Å²) in [6.07, 6.45) is 9.21. The zero-order valence-corrected chi connectivity index (χ0v) is 10.0. The Labute approximate surface area is 102 Å². The van der Waals surface area contributed by atoms with Crippen molar-refractivity contribution in [2.45, 2.75) is 37.8 Å². The maximum Gasteiger partial charge on any atom is 0.0408 e. The van der Waals surface area contributed by atoms with Gasteiger partial charge in [-0.1, -0.05) is 29.8 Å². The normalized spacial score (nSPS) is 23.9. The van der Waals surface area contributed by atoms with E-state index in [1.165, 1.54) is 24.0 Å². The molecule has 0 bridgehead atoms. The predicted octanol–water partition coefficient (Wildman–Crippen LogP) is 3.12. The first-order chi connectivity index (χ1) is 7.81. The molecule has 84 valence electrons. The molecule has 0 saturated carbocycles. The molecular weight excluding hydrogens is 218 g/mol. The van der Waals surface area contributed by atoms with Gasteiger partial charge in [-0.3, -0.25) is 0 Å². The predicted molar refractivity (Wildman–Crippen MR) is 67.9 cm³/mol. The molecule has 3 rings (SSSR count). The van der Waals surface area contributed by atoms with Crippen LogP contribution in [0.1, 0.15) is 24.0 Å². The molecule has 0 aromatic heterocycles. The van der Waals surface area contributed by atoms with Gasteiger partial charge in [0.05, 0.1) is 0 Å². The quantitative estimate of drug-likeness (QED) is 0.774. The molecule has 1 N–H and O–H groups in total. The van der Waals surface area contributed by atoms with Crippen LogP contribution in [-0.4, -0.2) is 12.1 Å². The zero-order chi connectivity index (χ0) is 11.0. The van der Waals surface area contributed by atoms with E-state index < -0.39 is 0 Å². The summed E-state index contributed by atoms with van der Waals surface area (Å²) in [5.41, 5.74) is 2.89. The molecule has 1 aromatic carbocycles. The second-order valence-corrected chi connectivity index (χ2v) is 5.26. The van der Waals surface area contributed by atoms with Crippen LogP contribution in [0.4, 0.5) is 0 Å². The first kappa shape index (κ1) is 10.4. The molecule has 2 heteroatoms. The van der Waals surface area contributed by atoms with E-state index in [4.69, 9.17) is 11.6 Å². The van der Waals surface area contributed by atoms with Gasteiger partial charge in [-0.2, -0.15) is 0 Å². The standard InChI is InChI=1S/C14H16ClN/c15-12-6-5-10-8-14(9-11(10)7-12)16-13-3-1-2-4-13/h1-2,5-7,13-14,16H,3-4,8-9H2. The Bertz CT molecular complexity index is 417. The molecule has 0 spiro atoms. The smallest absolute Gasteiger partial charge is 0.0408 e. The molecule has 0 radical (unpaired) electrons. The third-order valence-electron chi connectivity index (χ3n) is 3.58. The minimum atomic E-state index is 0.610. The van der Waals surface area contributed by atoms with Crippen molar-refractivity contribution in [1.29, 1.82) is 0 Å². The lowest BCUT2D eigenvalue weighted by Crippen LogP contribution is -2.37. The second kappa shape index (κ2) is 4.23. The molecule has 2 aliphatic carbocycles. The summed E-state index contributed by atoms with van der Waals surface area (Å²) in [4.78, 5) is 0. The van der Waals surface area contributed by atoms with Crippen molar-refractivity contribution in [2.24, 2.45) is 0 Å². The van der Waals surface area contributed by atoms with Crippen LogP contribution in [-0.2, 0) is 12.8 Å². The van der Waals surface area contributed by atoms with E-state index in [2.05, 4.69) is 29.6 Å². The SMILES string of the molecule is Clc1ccc2c(c1)CC(NC1CC=CC1)C2. The molecule has 1 nitrogen and oxygen atoms in total. The van der Waals surface area contributed by atoms with Crippen LogP contribution in [0.25, 0.3) is 0 Å². The summed E-state index contributed by atoms with van der Waals surface area (Å²) in [6, 6.07) is 7.56. The van der Waals surface area contributed by atoms with Crippen LogP contribution < -0.4 is 5.32 Å². The van der Waals surface area contributed by atoms with E-state index in [0.29, 0.717) is 12.1 Å². The molecule has 1 aromatic rings. The Morgan fingerprint density at radius 3 is 2.56 bits per heavy atom. The van der Waals surface area contributed by atoms with Crippen LogP contribution >= 0.6 is 11.6 Å². The lowest BCUT2D eigenvalue weighted by Gasteiger charge is -2.17. The van der Waals surface area contributed by atoms with E-state index in [-0.39, 0.29) is 0 Å². The van der Waals surface area contributed by atoms with Crippen molar-refractivity contribution in [1.82, 2.24) is 5.32 Å². The third-order valence-corrected chi connectivity index (χ3v) is 3.82. The van der Waals surface area contributed by atoms with Crippen molar-refractivity contribution in [3.05, 3.63) is 46.5 Å². The van der Waals surface area contributed by atoms with Gasteiger partial charge >= 0.3 is 0 Å². The molecule has 2 aliphatic rings. The van der Waals surface area contributed by atoms with Gasteiger partial charge in [0.25, 0.3) is 0 Å². The van der Waals surface area contributed by atoms with Gasteiger partial charge in [-0.15, -0.1) is 0 Å². The summed E-state index contributed by atoms with van der Waals surface area (Å²) in [5.74, 6) is 0. The molecule has 1 unspecified atom stereocenters. The number of rotatable bonds is 2. The maximum atomic E-state index is 6.01. The number of hydrogen-bond donors (Lipinski definition) is 1. The molecule has 16 heavy (non-hydrogen) atoms. The third kappa shape index (κ3) is 2.02. The Hall–Kier alpha value is -0.790. The minimum absolute atomic E-state index is 0.610. The van der Waals surface area contributed by atoms with Gasteiger partial charge in [-0.05, 0) is 48.9 Å². The Morgan fingerprint density at radius 1 is 1.00 bits per heavy atom. The van der Waals surface area contributed by atoms with Crippen molar-refractivity contribution in [3.63, 3.8) is 0 Å². The Balaban J connectivity index is 1.66. The van der Waals surface area contributed by atoms with E-state index in [1.807, 2.05) is 6.07 Å². The Kier molecular flexibility index (Phi) is 2.74. The minimum Gasteiger partial charge on any atom is -0.310 e. The number of benzene rings is 1. The van der Waals surface area contributed by atoms with Crippen molar-refractivity contribution < 1.29 is 0 Å². The largest absolute Gasteiger partial charge is 0.310 e. The van der Waals surface area contributed by atoms with Gasteiger partial charge < -0.3 is 5.32 Å². The fourth-order valence-corrected chi connectivity index (χ4v) is 2.99. The number of halogens is 1. The first-order valence-electron chi connectivity index (χ1n) is 5.99. The highest BCUT2D eigenvalue weighted by atomic mass is 35.5. The summed E-state index contributed by atoms with van der Waals surface area (Å²) in [5, 5.41) is 4.60. The van der Waals surface area contributed by atoms with Crippen LogP contribution in [0.2, 0.25) is 5.02 Å². The van der Waals surface area contributed by atoms with E-state index in [0.717, 1.165) is 17.9 Å². The van der Waals surface area contributed by atoms with Crippen LogP contribution in [0.15, 0.2) is 30.4 Å². The van der Waals surface area contributed by atoms with E-state index in [1.54, 1.807) is 0 Å². The average Bonchev–Trinajstić information content (AvgIpc) is 2.86. The Morgan fingerprint density at radius 2 is 1.75 bits per heavy atom. The van der Waals surface area contributed by atoms with Gasteiger partial charge in [0.2, 0.25) is 0 Å². The highest BCUT2D eigenvalue weighted by Crippen LogP contribution is 2.26. The molecule has 0 aliphatic heterocycles. The van der Waals surface area contributed by atoms with Gasteiger partial charge in [-0.25, -0.2) is 0 Å². The highest BCUT2D eigenvalue weighted by molar-refractivity contribution is 6.30. The highest BCUT2D eigenvalue weighted by Gasteiger charge is 2.23. The number of hydrogen-bond acceptors (Lipinski definition) is 1. The average molecular weight is 234 g/mol. The van der Waals surface area contributed by atoms with Crippen molar-refractivity contribution in [3.8, 4) is 0 Å².